The summed E-state index contributed by atoms with van der Waals surface area (Å²) in [5.41, 5.74) is 1.58. The number of ether oxygens (including phenoxy) is 2. The Labute approximate surface area is 124 Å². The number of aromatic amines is 1. The van der Waals surface area contributed by atoms with E-state index >= 15 is 0 Å². The van der Waals surface area contributed by atoms with E-state index in [1.165, 1.54) is 7.11 Å². The highest BCUT2D eigenvalue weighted by molar-refractivity contribution is 5.84. The van der Waals surface area contributed by atoms with Crippen LogP contribution in [0.15, 0.2) is 24.4 Å². The Morgan fingerprint density at radius 3 is 3.05 bits per heavy atom. The van der Waals surface area contributed by atoms with Gasteiger partial charge in [0, 0.05) is 42.1 Å². The third-order valence-corrected chi connectivity index (χ3v) is 3.04. The number of hydrogen-bond donors (Lipinski definition) is 1. The number of H-pyrrole nitrogens is 1. The molecule has 4 heteroatoms. The van der Waals surface area contributed by atoms with Crippen molar-refractivity contribution in [2.45, 2.75) is 6.42 Å². The molecule has 0 aliphatic carbocycles. The zero-order valence-corrected chi connectivity index (χ0v) is 10.5. The van der Waals surface area contributed by atoms with Crippen LogP contribution in [-0.2, 0) is 11.2 Å². The van der Waals surface area contributed by atoms with Gasteiger partial charge in [-0.3, -0.25) is 4.90 Å². The molecule has 0 saturated carbocycles. The van der Waals surface area contributed by atoms with Crippen LogP contribution in [0.3, 0.4) is 0 Å². The Morgan fingerprint density at radius 2 is 2.26 bits per heavy atom. The van der Waals surface area contributed by atoms with Gasteiger partial charge in [-0.25, -0.2) is 0 Å². The molecule has 0 spiro atoms. The van der Waals surface area contributed by atoms with Gasteiger partial charge in [-0.15, -0.1) is 0 Å². The van der Waals surface area contributed by atoms with Gasteiger partial charge in [0.25, 0.3) is 0 Å². The summed E-state index contributed by atoms with van der Waals surface area (Å²) in [6.07, 6.45) is 1.87. The third-order valence-electron chi connectivity index (χ3n) is 3.04. The van der Waals surface area contributed by atoms with Gasteiger partial charge in [0.2, 0.25) is 0 Å². The maximum atomic E-state index is 8.03. The van der Waals surface area contributed by atoms with Crippen LogP contribution in [0.4, 0.5) is 0 Å². The lowest BCUT2D eigenvalue weighted by atomic mass is 10.1. The molecule has 1 aromatic heterocycles. The van der Waals surface area contributed by atoms with Gasteiger partial charge < -0.3 is 14.5 Å². The summed E-state index contributed by atoms with van der Waals surface area (Å²) in [7, 11) is 1.54. The van der Waals surface area contributed by atoms with Crippen molar-refractivity contribution in [2.24, 2.45) is 0 Å². The summed E-state index contributed by atoms with van der Waals surface area (Å²) in [6.45, 7) is -12.0. The predicted octanol–water partition coefficient (Wildman–Crippen LogP) is 2.05. The van der Waals surface area contributed by atoms with Gasteiger partial charge in [0.15, 0.2) is 0 Å². The van der Waals surface area contributed by atoms with Crippen molar-refractivity contribution >= 4 is 10.9 Å². The number of aromatic nitrogens is 1. The zero-order valence-electron chi connectivity index (χ0n) is 18.5. The fraction of sp³-hybridized carbons (Fsp3) is 0.467. The number of nitrogens with one attached hydrogen (secondary N) is 1. The minimum atomic E-state index is -3.02. The highest BCUT2D eigenvalue weighted by Gasteiger charge is 2.11. The molecule has 19 heavy (non-hydrogen) atoms. The molecule has 3 rings (SSSR count). The normalized spacial score (nSPS) is 33.7. The number of fused-ring (bicyclic) bond motifs is 1. The van der Waals surface area contributed by atoms with E-state index in [9.17, 15) is 0 Å². The molecule has 4 nitrogen and oxygen atoms in total. The van der Waals surface area contributed by atoms with E-state index in [0.29, 0.717) is 10.6 Å². The lowest BCUT2D eigenvalue weighted by Crippen LogP contribution is -2.37. The molecule has 0 atom stereocenters. The highest BCUT2D eigenvalue weighted by Crippen LogP contribution is 2.24. The summed E-state index contributed by atoms with van der Waals surface area (Å²) in [5, 5.41) is 0.815. The first-order valence-corrected chi connectivity index (χ1v) is 5.95. The lowest BCUT2D eigenvalue weighted by molar-refractivity contribution is 0.0385. The molecule has 1 aliphatic rings. The molecule has 0 amide bonds. The first-order chi connectivity index (χ1) is 12.3. The third kappa shape index (κ3) is 2.74. The largest absolute Gasteiger partial charge is 0.497 e. The molecule has 1 aliphatic heterocycles. The molecule has 1 aromatic carbocycles. The first-order valence-electron chi connectivity index (χ1n) is 9.95. The van der Waals surface area contributed by atoms with E-state index in [0.717, 1.165) is 16.5 Å². The summed E-state index contributed by atoms with van der Waals surface area (Å²) >= 11 is 0. The van der Waals surface area contributed by atoms with Crippen LogP contribution in [-0.4, -0.2) is 49.7 Å². The molecule has 0 bridgehead atoms. The van der Waals surface area contributed by atoms with Crippen LogP contribution in [0.5, 0.6) is 5.75 Å². The van der Waals surface area contributed by atoms with Gasteiger partial charge >= 0.3 is 0 Å². The van der Waals surface area contributed by atoms with E-state index in [-0.39, 0.29) is 13.0 Å². The van der Waals surface area contributed by atoms with Crippen molar-refractivity contribution in [3.63, 3.8) is 0 Å². The van der Waals surface area contributed by atoms with E-state index < -0.39 is 26.1 Å². The van der Waals surface area contributed by atoms with Crippen molar-refractivity contribution < 1.29 is 20.4 Å². The Kier molecular flexibility index (Phi) is 1.86. The molecule has 0 unspecified atom stereocenters. The monoisotopic (exact) mass is 268 g/mol. The van der Waals surface area contributed by atoms with Gasteiger partial charge in [-0.05, 0) is 30.2 Å². The summed E-state index contributed by atoms with van der Waals surface area (Å²) in [4.78, 5) is 3.62. The van der Waals surface area contributed by atoms with E-state index in [2.05, 4.69) is 9.72 Å². The maximum Gasteiger partial charge on any atom is 0.119 e. The molecular weight excluding hydrogens is 240 g/mol. The van der Waals surface area contributed by atoms with Gasteiger partial charge in [0.1, 0.15) is 5.75 Å². The van der Waals surface area contributed by atoms with Crippen LogP contribution in [0.2, 0.25) is 0 Å². The van der Waals surface area contributed by atoms with Crippen LogP contribution in [0.25, 0.3) is 10.9 Å². The molecule has 1 saturated heterocycles. The SMILES string of the molecule is [2H]C1([2H])OC([2H])([2H])C([2H])([2H])N(CCc2c[nH]c3ccc(OC)cc23)C1([2H])[2H]. The Hall–Kier alpha value is -1.52. The Morgan fingerprint density at radius 1 is 1.42 bits per heavy atom. The second-order valence-corrected chi connectivity index (χ2v) is 4.16. The molecular formula is C15H20N2O2. The van der Waals surface area contributed by atoms with Crippen molar-refractivity contribution in [1.29, 1.82) is 0 Å². The van der Waals surface area contributed by atoms with Crippen molar-refractivity contribution in [2.75, 3.05) is 39.8 Å². The second kappa shape index (κ2) is 5.63. The molecule has 2 heterocycles. The fourth-order valence-corrected chi connectivity index (χ4v) is 2.04. The number of benzene rings is 1. The van der Waals surface area contributed by atoms with Crippen LogP contribution in [0, 0.1) is 0 Å². The summed E-state index contributed by atoms with van der Waals surface area (Å²) in [6, 6.07) is 5.40. The average molecular weight is 268 g/mol. The molecule has 0 radical (unpaired) electrons. The van der Waals surface area contributed by atoms with E-state index in [1.807, 2.05) is 6.07 Å². The average Bonchev–Trinajstić information content (AvgIpc) is 2.94. The minimum Gasteiger partial charge on any atom is -0.497 e. The van der Waals surface area contributed by atoms with Crippen molar-refractivity contribution in [3.8, 4) is 5.75 Å². The smallest absolute Gasteiger partial charge is 0.119 e. The molecule has 102 valence electrons. The number of morpholine rings is 1. The topological polar surface area (TPSA) is 37.5 Å². The zero-order chi connectivity index (χ0) is 20.3. The number of nitrogens with zero attached hydrogens (tertiary/aromatic N) is 1. The van der Waals surface area contributed by atoms with Crippen LogP contribution >= 0.6 is 0 Å². The number of hydrogen-bond acceptors (Lipinski definition) is 3. The second-order valence-electron chi connectivity index (χ2n) is 4.16. The number of methoxy groups -OCH3 is 1. The highest BCUT2D eigenvalue weighted by atomic mass is 16.5. The standard InChI is InChI=1S/C15H20N2O2/c1-18-13-2-3-15-14(10-13)12(11-16-15)4-5-17-6-8-19-9-7-17/h2-3,10-11,16H,4-9H2,1H3/i6D2,7D2,8D2,9D2. The lowest BCUT2D eigenvalue weighted by Gasteiger charge is -2.26. The maximum absolute atomic E-state index is 8.03. The van der Waals surface area contributed by atoms with E-state index in [1.54, 1.807) is 18.3 Å². The van der Waals surface area contributed by atoms with Crippen LogP contribution < -0.4 is 4.74 Å². The van der Waals surface area contributed by atoms with Crippen molar-refractivity contribution in [3.05, 3.63) is 30.0 Å². The first kappa shape index (κ1) is 6.29. The van der Waals surface area contributed by atoms with Gasteiger partial charge in [-0.1, -0.05) is 0 Å². The van der Waals surface area contributed by atoms with E-state index in [4.69, 9.17) is 15.7 Å². The quantitative estimate of drug-likeness (QED) is 0.922. The molecule has 2 aromatic rings. The molecule has 1 fully saturated rings. The predicted molar refractivity (Wildman–Crippen MR) is 75.8 cm³/mol. The number of rotatable bonds is 4. The minimum absolute atomic E-state index is 0.165. The molecule has 1 N–H and O–H groups in total. The summed E-state index contributed by atoms with van der Waals surface area (Å²) < 4.78 is 72.8. The van der Waals surface area contributed by atoms with Gasteiger partial charge in [0.05, 0.1) is 25.7 Å². The Bertz CT molecular complexity index is 825. The summed E-state index contributed by atoms with van der Waals surface area (Å²) in [5.74, 6) is 0.632. The van der Waals surface area contributed by atoms with Gasteiger partial charge in [-0.2, -0.15) is 0 Å². The Balaban J connectivity index is 1.93. The fourth-order valence-electron chi connectivity index (χ4n) is 2.04. The van der Waals surface area contributed by atoms with Crippen molar-refractivity contribution in [1.82, 2.24) is 9.88 Å². The van der Waals surface area contributed by atoms with Crippen LogP contribution in [0.1, 0.15) is 16.5 Å².